The Balaban J connectivity index is 2.10. The predicted octanol–water partition coefficient (Wildman–Crippen LogP) is 2.29. The van der Waals surface area contributed by atoms with Gasteiger partial charge in [0, 0.05) is 25.2 Å². The maximum atomic E-state index is 8.81. The summed E-state index contributed by atoms with van der Waals surface area (Å²) >= 11 is 0. The number of nitriles is 1. The summed E-state index contributed by atoms with van der Waals surface area (Å²) in [5.74, 6) is 0.662. The smallest absolute Gasteiger partial charge is 0.0991 e. The summed E-state index contributed by atoms with van der Waals surface area (Å²) in [4.78, 5) is 2.44. The normalized spacial score (nSPS) is 26.6. The molecule has 1 aliphatic heterocycles. The van der Waals surface area contributed by atoms with Crippen LogP contribution in [0.2, 0.25) is 0 Å². The highest BCUT2D eigenvalue weighted by Gasteiger charge is 2.26. The van der Waals surface area contributed by atoms with Crippen LogP contribution in [0.4, 0.5) is 0 Å². The summed E-state index contributed by atoms with van der Waals surface area (Å²) in [7, 11) is 0. The number of piperidine rings is 1. The second-order valence-corrected chi connectivity index (χ2v) is 5.46. The quantitative estimate of drug-likeness (QED) is 0.867. The van der Waals surface area contributed by atoms with Gasteiger partial charge in [0.25, 0.3) is 0 Å². The van der Waals surface area contributed by atoms with E-state index in [1.165, 1.54) is 5.56 Å². The molecule has 0 amide bonds. The van der Waals surface area contributed by atoms with E-state index in [4.69, 9.17) is 11.0 Å². The summed E-state index contributed by atoms with van der Waals surface area (Å²) in [5.41, 5.74) is 8.07. The maximum absolute atomic E-state index is 8.81. The van der Waals surface area contributed by atoms with Crippen LogP contribution in [-0.4, -0.2) is 24.0 Å². The van der Waals surface area contributed by atoms with Crippen molar-refractivity contribution in [1.82, 2.24) is 4.90 Å². The first kappa shape index (κ1) is 13.1. The average Bonchev–Trinajstić information content (AvgIpc) is 2.37. The minimum Gasteiger partial charge on any atom is -0.327 e. The van der Waals surface area contributed by atoms with Crippen LogP contribution in [0.1, 0.15) is 37.4 Å². The fraction of sp³-hybridized carbons (Fsp3) is 0.533. The van der Waals surface area contributed by atoms with Gasteiger partial charge in [0.1, 0.15) is 0 Å². The van der Waals surface area contributed by atoms with E-state index in [-0.39, 0.29) is 6.04 Å². The molecule has 1 aromatic carbocycles. The van der Waals surface area contributed by atoms with Gasteiger partial charge in [-0.05, 0) is 37.0 Å². The average molecular weight is 243 g/mol. The van der Waals surface area contributed by atoms with E-state index in [9.17, 15) is 0 Å². The Morgan fingerprint density at radius 2 is 2.00 bits per heavy atom. The van der Waals surface area contributed by atoms with Crippen LogP contribution >= 0.6 is 0 Å². The van der Waals surface area contributed by atoms with Crippen molar-refractivity contribution in [3.8, 4) is 6.07 Å². The lowest BCUT2D eigenvalue weighted by Gasteiger charge is -2.38. The minimum absolute atomic E-state index is 0.287. The Hall–Kier alpha value is -1.37. The Morgan fingerprint density at radius 3 is 2.56 bits per heavy atom. The number of nitrogens with zero attached hydrogens (tertiary/aromatic N) is 2. The van der Waals surface area contributed by atoms with Crippen LogP contribution in [0, 0.1) is 17.2 Å². The van der Waals surface area contributed by atoms with Crippen LogP contribution in [-0.2, 0) is 0 Å². The molecule has 1 heterocycles. The van der Waals surface area contributed by atoms with Crippen LogP contribution in [0.25, 0.3) is 0 Å². The van der Waals surface area contributed by atoms with Crippen molar-refractivity contribution in [2.24, 2.45) is 11.7 Å². The zero-order valence-corrected chi connectivity index (χ0v) is 11.1. The second-order valence-electron chi connectivity index (χ2n) is 5.46. The molecule has 96 valence electrons. The van der Waals surface area contributed by atoms with Gasteiger partial charge in [-0.3, -0.25) is 4.90 Å². The Kier molecular flexibility index (Phi) is 4.00. The molecule has 0 bridgehead atoms. The molecule has 1 aliphatic rings. The number of likely N-dealkylation sites (tertiary alicyclic amines) is 1. The molecule has 0 aliphatic carbocycles. The molecule has 3 unspecified atom stereocenters. The lowest BCUT2D eigenvalue weighted by Crippen LogP contribution is -2.47. The lowest BCUT2D eigenvalue weighted by molar-refractivity contribution is 0.124. The highest BCUT2D eigenvalue weighted by atomic mass is 15.2. The third kappa shape index (κ3) is 2.90. The van der Waals surface area contributed by atoms with E-state index in [2.05, 4.69) is 24.8 Å². The van der Waals surface area contributed by atoms with Gasteiger partial charge in [0.2, 0.25) is 0 Å². The summed E-state index contributed by atoms with van der Waals surface area (Å²) in [6.07, 6.45) is 1.12. The van der Waals surface area contributed by atoms with Crippen molar-refractivity contribution in [3.05, 3.63) is 35.4 Å². The summed E-state index contributed by atoms with van der Waals surface area (Å²) < 4.78 is 0. The van der Waals surface area contributed by atoms with Crippen molar-refractivity contribution in [2.75, 3.05) is 13.1 Å². The first-order chi connectivity index (χ1) is 8.60. The molecule has 0 saturated carbocycles. The molecule has 3 heteroatoms. The highest BCUT2D eigenvalue weighted by Crippen LogP contribution is 2.26. The largest absolute Gasteiger partial charge is 0.327 e. The molecule has 2 N–H and O–H groups in total. The molecular weight excluding hydrogens is 222 g/mol. The van der Waals surface area contributed by atoms with E-state index >= 15 is 0 Å². The maximum Gasteiger partial charge on any atom is 0.0991 e. The van der Waals surface area contributed by atoms with Crippen molar-refractivity contribution in [1.29, 1.82) is 5.26 Å². The summed E-state index contributed by atoms with van der Waals surface area (Å²) in [6.45, 7) is 6.55. The van der Waals surface area contributed by atoms with Crippen molar-refractivity contribution >= 4 is 0 Å². The van der Waals surface area contributed by atoms with Crippen LogP contribution < -0.4 is 5.73 Å². The van der Waals surface area contributed by atoms with E-state index in [1.54, 1.807) is 0 Å². The summed E-state index contributed by atoms with van der Waals surface area (Å²) in [5, 5.41) is 8.81. The van der Waals surface area contributed by atoms with Crippen LogP contribution in [0.15, 0.2) is 24.3 Å². The van der Waals surface area contributed by atoms with E-state index in [0.717, 1.165) is 25.1 Å². The number of rotatable bonds is 2. The van der Waals surface area contributed by atoms with Crippen molar-refractivity contribution < 1.29 is 0 Å². The van der Waals surface area contributed by atoms with E-state index in [0.29, 0.717) is 12.0 Å². The van der Waals surface area contributed by atoms with Gasteiger partial charge in [-0.1, -0.05) is 19.1 Å². The lowest BCUT2D eigenvalue weighted by atomic mass is 9.94. The van der Waals surface area contributed by atoms with E-state index in [1.807, 2.05) is 24.3 Å². The first-order valence-electron chi connectivity index (χ1n) is 6.60. The van der Waals surface area contributed by atoms with E-state index < -0.39 is 0 Å². The molecule has 0 radical (unpaired) electrons. The fourth-order valence-corrected chi connectivity index (χ4v) is 2.81. The van der Waals surface area contributed by atoms with Gasteiger partial charge in [0.05, 0.1) is 11.6 Å². The standard InChI is InChI=1S/C15H21N3/c1-11-7-15(17)10-18(9-11)12(2)14-5-3-13(8-16)4-6-14/h3-6,11-12,15H,7,9-10,17H2,1-2H3. The molecule has 2 rings (SSSR count). The molecule has 1 saturated heterocycles. The third-order valence-electron chi connectivity index (χ3n) is 3.79. The van der Waals surface area contributed by atoms with Gasteiger partial charge in [-0.25, -0.2) is 0 Å². The minimum atomic E-state index is 0.287. The zero-order valence-electron chi connectivity index (χ0n) is 11.1. The number of hydrogen-bond donors (Lipinski definition) is 1. The molecule has 0 spiro atoms. The molecule has 1 fully saturated rings. The molecule has 3 atom stereocenters. The number of hydrogen-bond acceptors (Lipinski definition) is 3. The van der Waals surface area contributed by atoms with Gasteiger partial charge >= 0.3 is 0 Å². The van der Waals surface area contributed by atoms with Gasteiger partial charge in [0.15, 0.2) is 0 Å². The van der Waals surface area contributed by atoms with Gasteiger partial charge < -0.3 is 5.73 Å². The monoisotopic (exact) mass is 243 g/mol. The van der Waals surface area contributed by atoms with Crippen LogP contribution in [0.5, 0.6) is 0 Å². The van der Waals surface area contributed by atoms with Crippen molar-refractivity contribution in [3.63, 3.8) is 0 Å². The topological polar surface area (TPSA) is 53.0 Å². The SMILES string of the molecule is CC1CC(N)CN(C(C)c2ccc(C#N)cc2)C1. The highest BCUT2D eigenvalue weighted by molar-refractivity contribution is 5.32. The number of benzene rings is 1. The first-order valence-corrected chi connectivity index (χ1v) is 6.60. The van der Waals surface area contributed by atoms with Gasteiger partial charge in [-0.15, -0.1) is 0 Å². The molecule has 18 heavy (non-hydrogen) atoms. The summed E-state index contributed by atoms with van der Waals surface area (Å²) in [6, 6.07) is 10.7. The molecular formula is C15H21N3. The fourth-order valence-electron chi connectivity index (χ4n) is 2.81. The third-order valence-corrected chi connectivity index (χ3v) is 3.79. The Morgan fingerprint density at radius 1 is 1.33 bits per heavy atom. The van der Waals surface area contributed by atoms with Crippen LogP contribution in [0.3, 0.4) is 0 Å². The Labute approximate surface area is 109 Å². The zero-order chi connectivity index (χ0) is 13.1. The Bertz CT molecular complexity index is 422. The number of nitrogens with two attached hydrogens (primary N) is 1. The molecule has 1 aromatic rings. The van der Waals surface area contributed by atoms with Crippen molar-refractivity contribution in [2.45, 2.75) is 32.4 Å². The molecule has 3 nitrogen and oxygen atoms in total. The van der Waals surface area contributed by atoms with Gasteiger partial charge in [-0.2, -0.15) is 5.26 Å². The predicted molar refractivity (Wildman–Crippen MR) is 72.9 cm³/mol. The second kappa shape index (κ2) is 5.51. The molecule has 0 aromatic heterocycles.